The highest BCUT2D eigenvalue weighted by Crippen LogP contribution is 2.06. The highest BCUT2D eigenvalue weighted by Gasteiger charge is 2.04. The van der Waals surface area contributed by atoms with Crippen molar-refractivity contribution in [2.45, 2.75) is 6.42 Å². The van der Waals surface area contributed by atoms with Gasteiger partial charge in [-0.05, 0) is 6.42 Å². The summed E-state index contributed by atoms with van der Waals surface area (Å²) >= 11 is 0. The number of rotatable bonds is 5. The third kappa shape index (κ3) is 3.89. The number of nitrogens with zero attached hydrogens (tertiary/aromatic N) is 1. The number of nitrogens with two attached hydrogens (primary N) is 1. The summed E-state index contributed by atoms with van der Waals surface area (Å²) in [6.07, 6.45) is 2.84. The zero-order valence-electron chi connectivity index (χ0n) is 8.86. The first-order valence-corrected chi connectivity index (χ1v) is 6.71. The van der Waals surface area contributed by atoms with Gasteiger partial charge in [-0.15, -0.1) is 0 Å². The van der Waals surface area contributed by atoms with E-state index in [4.69, 9.17) is 5.73 Å². The summed E-state index contributed by atoms with van der Waals surface area (Å²) < 4.78 is 21.7. The average molecular weight is 246 g/mol. The minimum Gasteiger partial charge on any atom is -0.391 e. The predicted octanol–water partition coefficient (Wildman–Crippen LogP) is -0.801. The van der Waals surface area contributed by atoms with Crippen LogP contribution < -0.4 is 16.6 Å². The highest BCUT2D eigenvalue weighted by atomic mass is 32.2. The number of aromatic nitrogens is 2. The monoisotopic (exact) mass is 246 g/mol. The molecule has 90 valence electrons. The first-order valence-electron chi connectivity index (χ1n) is 4.65. The molecule has 4 N–H and O–H groups in total. The van der Waals surface area contributed by atoms with E-state index < -0.39 is 15.4 Å². The van der Waals surface area contributed by atoms with Crippen LogP contribution in [-0.2, 0) is 9.84 Å². The number of hydrogen-bond acceptors (Lipinski definition) is 6. The predicted molar refractivity (Wildman–Crippen MR) is 62.1 cm³/mol. The molecule has 0 bridgehead atoms. The third-order valence-electron chi connectivity index (χ3n) is 1.87. The van der Waals surface area contributed by atoms with Crippen LogP contribution in [0, 0.1) is 0 Å². The molecule has 1 aromatic rings. The van der Waals surface area contributed by atoms with Gasteiger partial charge < -0.3 is 16.0 Å². The molecule has 0 fully saturated rings. The molecule has 1 rings (SSSR count). The van der Waals surface area contributed by atoms with Gasteiger partial charge in [0.1, 0.15) is 15.5 Å². The molecule has 0 aliphatic heterocycles. The maximum atomic E-state index is 11.1. The van der Waals surface area contributed by atoms with Gasteiger partial charge in [0.15, 0.2) is 5.82 Å². The molecular formula is C8H14N4O3S. The molecule has 0 aliphatic rings. The second kappa shape index (κ2) is 4.97. The lowest BCUT2D eigenvalue weighted by Gasteiger charge is -2.06. The Balaban J connectivity index is 2.50. The van der Waals surface area contributed by atoms with Gasteiger partial charge >= 0.3 is 0 Å². The zero-order valence-corrected chi connectivity index (χ0v) is 9.67. The van der Waals surface area contributed by atoms with Gasteiger partial charge in [0.2, 0.25) is 0 Å². The van der Waals surface area contributed by atoms with Crippen LogP contribution in [0.25, 0.3) is 0 Å². The van der Waals surface area contributed by atoms with E-state index in [9.17, 15) is 13.2 Å². The molecule has 7 nitrogen and oxygen atoms in total. The van der Waals surface area contributed by atoms with Crippen LogP contribution in [0.5, 0.6) is 0 Å². The van der Waals surface area contributed by atoms with Gasteiger partial charge in [-0.25, -0.2) is 13.4 Å². The first-order chi connectivity index (χ1) is 7.40. The summed E-state index contributed by atoms with van der Waals surface area (Å²) in [7, 11) is -2.96. The second-order valence-electron chi connectivity index (χ2n) is 3.40. The fourth-order valence-corrected chi connectivity index (χ4v) is 1.76. The Morgan fingerprint density at radius 3 is 2.88 bits per heavy atom. The Bertz CT molecular complexity index is 508. The smallest absolute Gasteiger partial charge is 0.276 e. The summed E-state index contributed by atoms with van der Waals surface area (Å²) in [6.45, 7) is 0.397. The fraction of sp³-hybridized carbons (Fsp3) is 0.500. The molecule has 8 heteroatoms. The highest BCUT2D eigenvalue weighted by molar-refractivity contribution is 7.90. The molecule has 0 amide bonds. The van der Waals surface area contributed by atoms with E-state index in [0.29, 0.717) is 13.0 Å². The summed E-state index contributed by atoms with van der Waals surface area (Å²) in [6, 6.07) is 0. The van der Waals surface area contributed by atoms with Crippen molar-refractivity contribution >= 4 is 21.3 Å². The summed E-state index contributed by atoms with van der Waals surface area (Å²) in [5.74, 6) is 0.362. The molecule has 0 atom stereocenters. The van der Waals surface area contributed by atoms with E-state index in [0.717, 1.165) is 0 Å². The van der Waals surface area contributed by atoms with Crippen molar-refractivity contribution in [2.24, 2.45) is 0 Å². The summed E-state index contributed by atoms with van der Waals surface area (Å²) in [4.78, 5) is 17.2. The largest absolute Gasteiger partial charge is 0.391 e. The Kier molecular flexibility index (Phi) is 3.88. The van der Waals surface area contributed by atoms with Crippen molar-refractivity contribution in [2.75, 3.05) is 29.6 Å². The normalized spacial score (nSPS) is 11.3. The van der Waals surface area contributed by atoms with Gasteiger partial charge in [0, 0.05) is 12.8 Å². The van der Waals surface area contributed by atoms with E-state index in [2.05, 4.69) is 15.3 Å². The molecular weight excluding hydrogens is 232 g/mol. The van der Waals surface area contributed by atoms with Crippen molar-refractivity contribution in [3.05, 3.63) is 16.7 Å². The number of sulfone groups is 1. The van der Waals surface area contributed by atoms with Crippen LogP contribution in [0.15, 0.2) is 11.1 Å². The van der Waals surface area contributed by atoms with Crippen LogP contribution in [0.2, 0.25) is 0 Å². The maximum absolute atomic E-state index is 11.1. The molecule has 1 heterocycles. The number of nitrogens with one attached hydrogen (secondary N) is 2. The quantitative estimate of drug-likeness (QED) is 0.585. The minimum absolute atomic E-state index is 0.00172. The van der Waals surface area contributed by atoms with Crippen LogP contribution in [0.3, 0.4) is 0 Å². The lowest BCUT2D eigenvalue weighted by molar-refractivity contribution is 0.600. The van der Waals surface area contributed by atoms with Crippen molar-refractivity contribution in [3.8, 4) is 0 Å². The summed E-state index contributed by atoms with van der Waals surface area (Å²) in [5, 5.41) is 2.81. The molecule has 0 spiro atoms. The van der Waals surface area contributed by atoms with Crippen molar-refractivity contribution in [1.82, 2.24) is 9.97 Å². The fourth-order valence-electron chi connectivity index (χ4n) is 1.09. The summed E-state index contributed by atoms with van der Waals surface area (Å²) in [5.41, 5.74) is 5.05. The molecule has 0 saturated heterocycles. The third-order valence-corrected chi connectivity index (χ3v) is 2.90. The standard InChI is InChI=1S/C8H14N4O3S/c1-16(14,15)4-2-3-10-7-6(9)8(13)12-5-11-7/h5H,2-4,9H2,1H3,(H2,10,11,12,13). The Morgan fingerprint density at radius 2 is 2.25 bits per heavy atom. The number of anilines is 2. The maximum Gasteiger partial charge on any atom is 0.276 e. The van der Waals surface area contributed by atoms with Gasteiger partial charge in [0.05, 0.1) is 12.1 Å². The van der Waals surface area contributed by atoms with E-state index in [1.165, 1.54) is 12.6 Å². The van der Waals surface area contributed by atoms with Gasteiger partial charge in [0.25, 0.3) is 5.56 Å². The number of nitrogen functional groups attached to an aromatic ring is 1. The number of H-pyrrole nitrogens is 1. The second-order valence-corrected chi connectivity index (χ2v) is 5.66. The topological polar surface area (TPSA) is 118 Å². The minimum atomic E-state index is -2.96. The SMILES string of the molecule is CS(=O)(=O)CCCNc1nc[nH]c(=O)c1N. The van der Waals surface area contributed by atoms with Gasteiger partial charge in [-0.1, -0.05) is 0 Å². The molecule has 0 unspecified atom stereocenters. The molecule has 0 radical (unpaired) electrons. The van der Waals surface area contributed by atoms with Crippen molar-refractivity contribution < 1.29 is 8.42 Å². The molecule has 1 aromatic heterocycles. The molecule has 0 aromatic carbocycles. The first kappa shape index (κ1) is 12.5. The van der Waals surface area contributed by atoms with Crippen LogP contribution >= 0.6 is 0 Å². The zero-order chi connectivity index (χ0) is 12.2. The Hall–Kier alpha value is -1.57. The van der Waals surface area contributed by atoms with Crippen molar-refractivity contribution in [3.63, 3.8) is 0 Å². The van der Waals surface area contributed by atoms with Crippen LogP contribution in [0.4, 0.5) is 11.5 Å². The molecule has 0 aliphatic carbocycles. The molecule has 16 heavy (non-hydrogen) atoms. The van der Waals surface area contributed by atoms with E-state index in [1.54, 1.807) is 0 Å². The van der Waals surface area contributed by atoms with E-state index >= 15 is 0 Å². The van der Waals surface area contributed by atoms with Crippen LogP contribution in [-0.4, -0.2) is 36.9 Å². The lowest BCUT2D eigenvalue weighted by Crippen LogP contribution is -2.17. The molecule has 0 saturated carbocycles. The lowest BCUT2D eigenvalue weighted by atomic mass is 10.4. The van der Waals surface area contributed by atoms with Gasteiger partial charge in [-0.3, -0.25) is 4.79 Å². The van der Waals surface area contributed by atoms with E-state index in [-0.39, 0.29) is 17.3 Å². The van der Waals surface area contributed by atoms with Crippen molar-refractivity contribution in [1.29, 1.82) is 0 Å². The van der Waals surface area contributed by atoms with Gasteiger partial charge in [-0.2, -0.15) is 0 Å². The van der Waals surface area contributed by atoms with E-state index in [1.807, 2.05) is 0 Å². The van der Waals surface area contributed by atoms with Crippen LogP contribution in [0.1, 0.15) is 6.42 Å². The Morgan fingerprint density at radius 1 is 1.56 bits per heavy atom. The average Bonchev–Trinajstić information content (AvgIpc) is 2.17. The number of hydrogen-bond donors (Lipinski definition) is 3. The Labute approximate surface area is 93.0 Å². The number of aromatic amines is 1.